The van der Waals surface area contributed by atoms with Gasteiger partial charge < -0.3 is 4.90 Å². The molecule has 0 aromatic carbocycles. The van der Waals surface area contributed by atoms with Gasteiger partial charge in [0.25, 0.3) is 0 Å². The topological polar surface area (TPSA) is 28.5 Å². The molecular weight excluding hydrogens is 194 g/mol. The number of fused-ring (bicyclic) bond motifs is 1. The summed E-state index contributed by atoms with van der Waals surface area (Å²) in [4.78, 5) is 10.4. The lowest BCUT2D eigenvalue weighted by atomic mass is 10.3. The van der Waals surface area contributed by atoms with E-state index in [2.05, 4.69) is 22.8 Å². The van der Waals surface area contributed by atoms with E-state index in [-0.39, 0.29) is 0 Å². The minimum Gasteiger partial charge on any atom is -0.373 e. The molecular formula is C10H11N3S. The third-order valence-electron chi connectivity index (χ3n) is 2.00. The minimum atomic E-state index is 0.934. The normalized spacial score (nSPS) is 10.4. The number of hydrogen-bond acceptors (Lipinski definition) is 4. The lowest BCUT2D eigenvalue weighted by Gasteiger charge is -2.10. The molecule has 0 N–H and O–H groups in total. The smallest absolute Gasteiger partial charge is 0.141 e. The Bertz CT molecular complexity index is 473. The van der Waals surface area contributed by atoms with Gasteiger partial charge in [-0.25, -0.2) is 0 Å². The fourth-order valence-corrected chi connectivity index (χ4v) is 2.46. The maximum absolute atomic E-state index is 4.35. The summed E-state index contributed by atoms with van der Waals surface area (Å²) < 4.78 is 1.15. The average Bonchev–Trinajstić information content (AvgIpc) is 2.55. The van der Waals surface area contributed by atoms with Gasteiger partial charge >= 0.3 is 0 Å². The zero-order chi connectivity index (χ0) is 10.1. The number of pyridine rings is 1. The summed E-state index contributed by atoms with van der Waals surface area (Å²) in [6, 6.07) is 3.99. The number of aromatic nitrogens is 1. The molecule has 0 amide bonds. The maximum atomic E-state index is 4.35. The summed E-state index contributed by atoms with van der Waals surface area (Å²) in [6.07, 6.45) is 1.80. The van der Waals surface area contributed by atoms with Gasteiger partial charge in [0.2, 0.25) is 0 Å². The van der Waals surface area contributed by atoms with Gasteiger partial charge in [-0.2, -0.15) is 0 Å². The quantitative estimate of drug-likeness (QED) is 0.705. The molecule has 0 unspecified atom stereocenters. The molecule has 0 radical (unpaired) electrons. The molecule has 0 fully saturated rings. The largest absolute Gasteiger partial charge is 0.373 e. The molecule has 72 valence electrons. The number of aliphatic imine (C=N–C) groups is 1. The van der Waals surface area contributed by atoms with Crippen LogP contribution in [0.4, 0.5) is 10.7 Å². The zero-order valence-corrected chi connectivity index (χ0v) is 9.01. The first-order chi connectivity index (χ1) is 6.74. The van der Waals surface area contributed by atoms with Crippen LogP contribution in [0.5, 0.6) is 0 Å². The molecule has 2 aromatic rings. The number of rotatable bonds is 2. The van der Waals surface area contributed by atoms with Gasteiger partial charge in [-0.05, 0) is 18.9 Å². The monoisotopic (exact) mass is 205 g/mol. The molecule has 4 heteroatoms. The van der Waals surface area contributed by atoms with E-state index < -0.39 is 0 Å². The van der Waals surface area contributed by atoms with E-state index in [0.717, 1.165) is 20.9 Å². The molecule has 0 saturated heterocycles. The summed E-state index contributed by atoms with van der Waals surface area (Å²) in [5.74, 6) is 0. The van der Waals surface area contributed by atoms with Crippen molar-refractivity contribution in [2.24, 2.45) is 4.99 Å². The van der Waals surface area contributed by atoms with Crippen molar-refractivity contribution >= 4 is 39.0 Å². The molecule has 0 aliphatic rings. The molecule has 2 aromatic heterocycles. The predicted molar refractivity (Wildman–Crippen MR) is 63.2 cm³/mol. The first kappa shape index (κ1) is 9.15. The van der Waals surface area contributed by atoms with Crippen LogP contribution in [-0.4, -0.2) is 25.8 Å². The van der Waals surface area contributed by atoms with Crippen LogP contribution in [0.25, 0.3) is 10.2 Å². The summed E-state index contributed by atoms with van der Waals surface area (Å²) in [5, 5.41) is 0.934. The van der Waals surface area contributed by atoms with E-state index in [9.17, 15) is 0 Å². The Kier molecular flexibility index (Phi) is 2.21. The molecule has 2 rings (SSSR count). The lowest BCUT2D eigenvalue weighted by molar-refractivity contribution is 1.14. The van der Waals surface area contributed by atoms with Crippen LogP contribution < -0.4 is 4.90 Å². The van der Waals surface area contributed by atoms with Gasteiger partial charge in [0.1, 0.15) is 16.2 Å². The SMILES string of the molecule is C=Nc1sc2cccnc2c1N(C)C. The van der Waals surface area contributed by atoms with Gasteiger partial charge in [0, 0.05) is 20.3 Å². The van der Waals surface area contributed by atoms with Crippen LogP contribution in [-0.2, 0) is 0 Å². The highest BCUT2D eigenvalue weighted by atomic mass is 32.1. The van der Waals surface area contributed by atoms with Crippen LogP contribution in [0.1, 0.15) is 0 Å². The van der Waals surface area contributed by atoms with Crippen LogP contribution in [0.15, 0.2) is 23.3 Å². The second kappa shape index (κ2) is 3.38. The van der Waals surface area contributed by atoms with E-state index in [4.69, 9.17) is 0 Å². The fourth-order valence-electron chi connectivity index (χ4n) is 1.41. The van der Waals surface area contributed by atoms with Crippen molar-refractivity contribution in [1.82, 2.24) is 4.98 Å². The van der Waals surface area contributed by atoms with Crippen molar-refractivity contribution in [3.05, 3.63) is 18.3 Å². The molecule has 0 aliphatic heterocycles. The van der Waals surface area contributed by atoms with Crippen molar-refractivity contribution in [1.29, 1.82) is 0 Å². The Labute approximate surface area is 86.7 Å². The second-order valence-corrected chi connectivity index (χ2v) is 4.19. The van der Waals surface area contributed by atoms with Crippen molar-refractivity contribution in [3.63, 3.8) is 0 Å². The van der Waals surface area contributed by atoms with Crippen LogP contribution >= 0.6 is 11.3 Å². The molecule has 0 saturated carbocycles. The van der Waals surface area contributed by atoms with E-state index >= 15 is 0 Å². The first-order valence-corrected chi connectivity index (χ1v) is 5.07. The summed E-state index contributed by atoms with van der Waals surface area (Å²) >= 11 is 1.62. The van der Waals surface area contributed by atoms with E-state index in [1.807, 2.05) is 25.1 Å². The van der Waals surface area contributed by atoms with Crippen LogP contribution in [0.3, 0.4) is 0 Å². The summed E-state index contributed by atoms with van der Waals surface area (Å²) in [5.41, 5.74) is 2.06. The lowest BCUT2D eigenvalue weighted by Crippen LogP contribution is -2.08. The molecule has 0 aliphatic carbocycles. The number of thiophene rings is 1. The molecule has 3 nitrogen and oxygen atoms in total. The maximum Gasteiger partial charge on any atom is 0.141 e. The van der Waals surface area contributed by atoms with Crippen molar-refractivity contribution in [2.75, 3.05) is 19.0 Å². The first-order valence-electron chi connectivity index (χ1n) is 4.25. The third-order valence-corrected chi connectivity index (χ3v) is 3.06. The van der Waals surface area contributed by atoms with Crippen molar-refractivity contribution < 1.29 is 0 Å². The Hall–Kier alpha value is -1.42. The Morgan fingerprint density at radius 1 is 1.50 bits per heavy atom. The Balaban J connectivity index is 2.80. The predicted octanol–water partition coefficient (Wildman–Crippen LogP) is 2.69. The third kappa shape index (κ3) is 1.28. The highest BCUT2D eigenvalue weighted by Crippen LogP contribution is 2.41. The number of hydrogen-bond donors (Lipinski definition) is 0. The molecule has 0 atom stereocenters. The summed E-state index contributed by atoms with van der Waals surface area (Å²) in [7, 11) is 3.98. The van der Waals surface area contributed by atoms with Crippen molar-refractivity contribution in [3.8, 4) is 0 Å². The summed E-state index contributed by atoms with van der Waals surface area (Å²) in [6.45, 7) is 3.58. The van der Waals surface area contributed by atoms with Gasteiger partial charge in [-0.3, -0.25) is 9.98 Å². The van der Waals surface area contributed by atoms with Gasteiger partial charge in [0.05, 0.1) is 4.70 Å². The van der Waals surface area contributed by atoms with Gasteiger partial charge in [-0.15, -0.1) is 11.3 Å². The van der Waals surface area contributed by atoms with E-state index in [1.54, 1.807) is 17.5 Å². The molecule has 14 heavy (non-hydrogen) atoms. The number of anilines is 1. The number of nitrogens with zero attached hydrogens (tertiary/aromatic N) is 3. The average molecular weight is 205 g/mol. The van der Waals surface area contributed by atoms with Gasteiger partial charge in [0.15, 0.2) is 0 Å². The highest BCUT2D eigenvalue weighted by molar-refractivity contribution is 7.23. The molecule has 2 heterocycles. The minimum absolute atomic E-state index is 0.934. The second-order valence-electron chi connectivity index (χ2n) is 3.16. The van der Waals surface area contributed by atoms with E-state index in [1.165, 1.54) is 0 Å². The van der Waals surface area contributed by atoms with Crippen LogP contribution in [0, 0.1) is 0 Å². The standard InChI is InChI=1S/C10H11N3S/c1-11-10-9(13(2)3)8-7(14-10)5-4-6-12-8/h4-6H,1H2,2-3H3. The highest BCUT2D eigenvalue weighted by Gasteiger charge is 2.13. The molecule has 0 spiro atoms. The van der Waals surface area contributed by atoms with Gasteiger partial charge in [-0.1, -0.05) is 0 Å². The van der Waals surface area contributed by atoms with Crippen molar-refractivity contribution in [2.45, 2.75) is 0 Å². The zero-order valence-electron chi connectivity index (χ0n) is 8.19. The Morgan fingerprint density at radius 3 is 2.93 bits per heavy atom. The van der Waals surface area contributed by atoms with Crippen LogP contribution in [0.2, 0.25) is 0 Å². The molecule has 0 bridgehead atoms. The Morgan fingerprint density at radius 2 is 2.29 bits per heavy atom. The van der Waals surface area contributed by atoms with E-state index in [0.29, 0.717) is 0 Å². The fraction of sp³-hybridized carbons (Fsp3) is 0.200.